The van der Waals surface area contributed by atoms with Crippen LogP contribution in [0.4, 0.5) is 0 Å². The Kier molecular flexibility index (Phi) is 3.76. The van der Waals surface area contributed by atoms with Gasteiger partial charge in [-0.05, 0) is 25.0 Å². The molecule has 0 spiro atoms. The maximum Gasteiger partial charge on any atom is 0.242 e. The van der Waals surface area contributed by atoms with E-state index in [1.54, 1.807) is 6.07 Å². The minimum atomic E-state index is -3.57. The third-order valence-electron chi connectivity index (χ3n) is 2.98. The van der Waals surface area contributed by atoms with Crippen molar-refractivity contribution >= 4 is 10.0 Å². The van der Waals surface area contributed by atoms with Gasteiger partial charge in [0.05, 0.1) is 6.10 Å². The number of nitrogens with one attached hydrogen (secondary N) is 1. The molecule has 2 rings (SSSR count). The monoisotopic (exact) mass is 256 g/mol. The molecule has 0 saturated heterocycles. The second-order valence-electron chi connectivity index (χ2n) is 4.27. The molecule has 1 aliphatic rings. The van der Waals surface area contributed by atoms with E-state index in [0.29, 0.717) is 12.8 Å². The number of hydrogen-bond donors (Lipinski definition) is 2. The van der Waals surface area contributed by atoms with Crippen LogP contribution in [0.3, 0.4) is 0 Å². The van der Waals surface area contributed by atoms with Crippen molar-refractivity contribution in [2.75, 3.05) is 0 Å². The number of aliphatic hydroxyl groups excluding tert-OH is 1. The van der Waals surface area contributed by atoms with Crippen LogP contribution in [-0.2, 0) is 10.0 Å². The molecular formula is C11H16N2O3S. The van der Waals surface area contributed by atoms with Gasteiger partial charge in [-0.15, -0.1) is 0 Å². The Bertz CT molecular complexity index is 461. The van der Waals surface area contributed by atoms with Crippen molar-refractivity contribution in [3.8, 4) is 0 Å². The highest BCUT2D eigenvalue weighted by atomic mass is 32.2. The molecule has 1 aliphatic carbocycles. The molecule has 5 nitrogen and oxygen atoms in total. The average molecular weight is 256 g/mol. The lowest BCUT2D eigenvalue weighted by Crippen LogP contribution is -2.44. The number of hydrogen-bond acceptors (Lipinski definition) is 4. The van der Waals surface area contributed by atoms with Gasteiger partial charge in [-0.1, -0.05) is 12.8 Å². The first kappa shape index (κ1) is 12.5. The first-order chi connectivity index (χ1) is 8.09. The van der Waals surface area contributed by atoms with E-state index in [-0.39, 0.29) is 10.9 Å². The Morgan fingerprint density at radius 3 is 2.76 bits per heavy atom. The number of aliphatic hydroxyl groups is 1. The third-order valence-corrected chi connectivity index (χ3v) is 4.46. The van der Waals surface area contributed by atoms with Crippen molar-refractivity contribution < 1.29 is 13.5 Å². The number of rotatable bonds is 3. The fourth-order valence-electron chi connectivity index (χ4n) is 2.02. The van der Waals surface area contributed by atoms with Crippen molar-refractivity contribution in [1.82, 2.24) is 9.71 Å². The highest BCUT2D eigenvalue weighted by Gasteiger charge is 2.27. The Balaban J connectivity index is 2.12. The summed E-state index contributed by atoms with van der Waals surface area (Å²) in [6.07, 6.45) is 5.46. The lowest BCUT2D eigenvalue weighted by atomic mass is 9.93. The van der Waals surface area contributed by atoms with Gasteiger partial charge in [0.25, 0.3) is 0 Å². The molecule has 0 radical (unpaired) electrons. The molecule has 2 unspecified atom stereocenters. The van der Waals surface area contributed by atoms with E-state index in [1.165, 1.54) is 18.5 Å². The van der Waals surface area contributed by atoms with E-state index in [1.807, 2.05) is 0 Å². The van der Waals surface area contributed by atoms with E-state index in [0.717, 1.165) is 12.8 Å². The zero-order valence-corrected chi connectivity index (χ0v) is 10.2. The molecule has 0 aromatic carbocycles. The second kappa shape index (κ2) is 5.12. The first-order valence-corrected chi connectivity index (χ1v) is 7.18. The van der Waals surface area contributed by atoms with Crippen LogP contribution in [0.5, 0.6) is 0 Å². The van der Waals surface area contributed by atoms with E-state index in [9.17, 15) is 13.5 Å². The molecule has 6 heteroatoms. The van der Waals surface area contributed by atoms with Gasteiger partial charge in [0.1, 0.15) is 4.90 Å². The topological polar surface area (TPSA) is 79.3 Å². The quantitative estimate of drug-likeness (QED) is 0.832. The zero-order chi connectivity index (χ0) is 12.3. The summed E-state index contributed by atoms with van der Waals surface area (Å²) in [7, 11) is -3.57. The molecule has 1 heterocycles. The smallest absolute Gasteiger partial charge is 0.242 e. The Hall–Kier alpha value is -0.980. The number of pyridine rings is 1. The fraction of sp³-hybridized carbons (Fsp3) is 0.545. The van der Waals surface area contributed by atoms with Crippen molar-refractivity contribution in [2.24, 2.45) is 0 Å². The summed E-state index contributed by atoms with van der Waals surface area (Å²) in [4.78, 5) is 3.92. The van der Waals surface area contributed by atoms with Crippen molar-refractivity contribution in [2.45, 2.75) is 42.7 Å². The molecule has 1 aromatic heterocycles. The van der Waals surface area contributed by atoms with Crippen LogP contribution < -0.4 is 4.72 Å². The van der Waals surface area contributed by atoms with Crippen LogP contribution in [-0.4, -0.2) is 30.7 Å². The van der Waals surface area contributed by atoms with Gasteiger partial charge >= 0.3 is 0 Å². The lowest BCUT2D eigenvalue weighted by Gasteiger charge is -2.27. The summed E-state index contributed by atoms with van der Waals surface area (Å²) >= 11 is 0. The lowest BCUT2D eigenvalue weighted by molar-refractivity contribution is 0.101. The van der Waals surface area contributed by atoms with Crippen LogP contribution in [0.2, 0.25) is 0 Å². The number of aromatic nitrogens is 1. The highest BCUT2D eigenvalue weighted by molar-refractivity contribution is 7.89. The maximum atomic E-state index is 12.0. The summed E-state index contributed by atoms with van der Waals surface area (Å²) in [5.74, 6) is 0. The fourth-order valence-corrected chi connectivity index (χ4v) is 3.29. The summed E-state index contributed by atoms with van der Waals surface area (Å²) in [6.45, 7) is 0. The van der Waals surface area contributed by atoms with Crippen molar-refractivity contribution in [1.29, 1.82) is 0 Å². The zero-order valence-electron chi connectivity index (χ0n) is 9.41. The molecule has 17 heavy (non-hydrogen) atoms. The highest BCUT2D eigenvalue weighted by Crippen LogP contribution is 2.20. The van der Waals surface area contributed by atoms with Gasteiger partial charge in [0, 0.05) is 18.4 Å². The Morgan fingerprint density at radius 1 is 1.35 bits per heavy atom. The number of sulfonamides is 1. The van der Waals surface area contributed by atoms with E-state index >= 15 is 0 Å². The molecular weight excluding hydrogens is 240 g/mol. The average Bonchev–Trinajstić information content (AvgIpc) is 2.33. The second-order valence-corrected chi connectivity index (χ2v) is 5.98. The normalized spacial score (nSPS) is 25.7. The molecule has 0 amide bonds. The molecule has 1 fully saturated rings. The third kappa shape index (κ3) is 3.02. The Labute approximate surface area is 101 Å². The summed E-state index contributed by atoms with van der Waals surface area (Å²) in [5.41, 5.74) is 0. The predicted octanol–water partition coefficient (Wildman–Crippen LogP) is 0.663. The van der Waals surface area contributed by atoms with E-state index in [4.69, 9.17) is 0 Å². The van der Waals surface area contributed by atoms with Crippen LogP contribution in [0, 0.1) is 0 Å². The minimum Gasteiger partial charge on any atom is -0.391 e. The summed E-state index contributed by atoms with van der Waals surface area (Å²) < 4.78 is 26.5. The van der Waals surface area contributed by atoms with Crippen LogP contribution in [0.15, 0.2) is 29.4 Å². The largest absolute Gasteiger partial charge is 0.391 e. The minimum absolute atomic E-state index is 0.137. The summed E-state index contributed by atoms with van der Waals surface area (Å²) in [5, 5.41) is 9.74. The van der Waals surface area contributed by atoms with Crippen LogP contribution >= 0.6 is 0 Å². The molecule has 1 aromatic rings. The molecule has 2 atom stereocenters. The molecule has 0 bridgehead atoms. The Morgan fingerprint density at radius 2 is 2.12 bits per heavy atom. The van der Waals surface area contributed by atoms with E-state index in [2.05, 4.69) is 9.71 Å². The van der Waals surface area contributed by atoms with Gasteiger partial charge in [0.15, 0.2) is 0 Å². The molecule has 0 aliphatic heterocycles. The van der Waals surface area contributed by atoms with Gasteiger partial charge in [-0.2, -0.15) is 0 Å². The SMILES string of the molecule is O=S(=O)(NC1CCCCC1O)c1cccnc1. The molecule has 94 valence electrons. The maximum absolute atomic E-state index is 12.0. The predicted molar refractivity (Wildman–Crippen MR) is 62.8 cm³/mol. The molecule has 1 saturated carbocycles. The number of nitrogens with zero attached hydrogens (tertiary/aromatic N) is 1. The standard InChI is InChI=1S/C11H16N2O3S/c14-11-6-2-1-5-10(11)13-17(15,16)9-4-3-7-12-8-9/h3-4,7-8,10-11,13-14H,1-2,5-6H2. The summed E-state index contributed by atoms with van der Waals surface area (Å²) in [6, 6.07) is 2.69. The van der Waals surface area contributed by atoms with Crippen LogP contribution in [0.1, 0.15) is 25.7 Å². The van der Waals surface area contributed by atoms with Crippen LogP contribution in [0.25, 0.3) is 0 Å². The van der Waals surface area contributed by atoms with Crippen molar-refractivity contribution in [3.05, 3.63) is 24.5 Å². The van der Waals surface area contributed by atoms with Crippen molar-refractivity contribution in [3.63, 3.8) is 0 Å². The van der Waals surface area contributed by atoms with Gasteiger partial charge in [-0.25, -0.2) is 13.1 Å². The van der Waals surface area contributed by atoms with Gasteiger partial charge in [-0.3, -0.25) is 4.98 Å². The first-order valence-electron chi connectivity index (χ1n) is 5.70. The van der Waals surface area contributed by atoms with Gasteiger partial charge < -0.3 is 5.11 Å². The molecule has 2 N–H and O–H groups in total. The van der Waals surface area contributed by atoms with Gasteiger partial charge in [0.2, 0.25) is 10.0 Å². The van der Waals surface area contributed by atoms with E-state index < -0.39 is 16.1 Å².